The number of nitrogens with one attached hydrogen (secondary N) is 1. The minimum atomic E-state index is -0.835. The lowest BCUT2D eigenvalue weighted by molar-refractivity contribution is 0.0523. The zero-order chi connectivity index (χ0) is 18.7. The van der Waals surface area contributed by atoms with Crippen LogP contribution in [0.5, 0.6) is 0 Å². The molecule has 136 valence electrons. The van der Waals surface area contributed by atoms with Gasteiger partial charge in [0.2, 0.25) is 0 Å². The summed E-state index contributed by atoms with van der Waals surface area (Å²) < 4.78 is 5.27. The fourth-order valence-electron chi connectivity index (χ4n) is 2.86. The standard InChI is InChI=1S/C19H25ClN2O3/c1-18(2,3)25-17(24)22-11-13-6-4-5-7-15(13)19(12-23)10-14(20)8-9-16(19)21/h4-10,16,23H,11-12,21H2,1-3H3,(H,22,24). The molecule has 0 bridgehead atoms. The summed E-state index contributed by atoms with van der Waals surface area (Å²) in [7, 11) is 0. The van der Waals surface area contributed by atoms with Gasteiger partial charge in [0.25, 0.3) is 0 Å². The van der Waals surface area contributed by atoms with Crippen molar-refractivity contribution in [3.05, 3.63) is 58.7 Å². The van der Waals surface area contributed by atoms with Crippen LogP contribution >= 0.6 is 11.6 Å². The van der Waals surface area contributed by atoms with E-state index in [0.717, 1.165) is 11.1 Å². The van der Waals surface area contributed by atoms with Crippen molar-refractivity contribution in [1.82, 2.24) is 5.32 Å². The van der Waals surface area contributed by atoms with Gasteiger partial charge in [0, 0.05) is 17.6 Å². The van der Waals surface area contributed by atoms with Gasteiger partial charge < -0.3 is 20.9 Å². The van der Waals surface area contributed by atoms with Crippen LogP contribution in [0.2, 0.25) is 0 Å². The van der Waals surface area contributed by atoms with Crippen LogP contribution < -0.4 is 11.1 Å². The molecule has 2 unspecified atom stereocenters. The molecule has 0 saturated heterocycles. The number of benzene rings is 1. The smallest absolute Gasteiger partial charge is 0.407 e. The number of carbonyl (C=O) groups excluding carboxylic acids is 1. The second-order valence-corrected chi connectivity index (χ2v) is 7.56. The minimum absolute atomic E-state index is 0.196. The van der Waals surface area contributed by atoms with E-state index in [9.17, 15) is 9.90 Å². The van der Waals surface area contributed by atoms with E-state index in [1.165, 1.54) is 0 Å². The predicted molar refractivity (Wildman–Crippen MR) is 99.3 cm³/mol. The average Bonchev–Trinajstić information content (AvgIpc) is 2.54. The summed E-state index contributed by atoms with van der Waals surface area (Å²) in [6.45, 7) is 5.48. The number of hydrogen-bond acceptors (Lipinski definition) is 4. The van der Waals surface area contributed by atoms with E-state index in [0.29, 0.717) is 5.03 Å². The van der Waals surface area contributed by atoms with E-state index in [1.54, 1.807) is 18.2 Å². The third-order valence-electron chi connectivity index (χ3n) is 4.06. The van der Waals surface area contributed by atoms with E-state index in [1.807, 2.05) is 45.0 Å². The first-order valence-corrected chi connectivity index (χ1v) is 8.54. The number of hydrogen-bond donors (Lipinski definition) is 3. The maximum atomic E-state index is 11.9. The van der Waals surface area contributed by atoms with Crippen molar-refractivity contribution < 1.29 is 14.6 Å². The third kappa shape index (κ3) is 4.63. The molecule has 4 N–H and O–H groups in total. The number of aliphatic hydroxyl groups excluding tert-OH is 1. The summed E-state index contributed by atoms with van der Waals surface area (Å²) in [4.78, 5) is 11.9. The summed E-state index contributed by atoms with van der Waals surface area (Å²) in [5.41, 5.74) is 6.53. The Morgan fingerprint density at radius 1 is 1.40 bits per heavy atom. The largest absolute Gasteiger partial charge is 0.444 e. The first-order valence-electron chi connectivity index (χ1n) is 8.16. The van der Waals surface area contributed by atoms with Gasteiger partial charge in [0.1, 0.15) is 5.60 Å². The Bertz CT molecular complexity index is 694. The molecule has 0 saturated carbocycles. The Morgan fingerprint density at radius 2 is 2.08 bits per heavy atom. The van der Waals surface area contributed by atoms with E-state index in [2.05, 4.69) is 5.32 Å². The molecule has 1 aliphatic rings. The lowest BCUT2D eigenvalue weighted by Gasteiger charge is -2.37. The van der Waals surface area contributed by atoms with Gasteiger partial charge in [-0.15, -0.1) is 0 Å². The Kier molecular flexibility index (Phi) is 5.93. The molecule has 0 aliphatic heterocycles. The van der Waals surface area contributed by atoms with Crippen molar-refractivity contribution in [2.75, 3.05) is 6.61 Å². The molecule has 0 spiro atoms. The number of amides is 1. The summed E-state index contributed by atoms with van der Waals surface area (Å²) in [5.74, 6) is 0. The summed E-state index contributed by atoms with van der Waals surface area (Å²) >= 11 is 6.17. The average molecular weight is 365 g/mol. The zero-order valence-corrected chi connectivity index (χ0v) is 15.5. The number of carbonyl (C=O) groups is 1. The molecule has 2 rings (SSSR count). The van der Waals surface area contributed by atoms with E-state index < -0.39 is 23.2 Å². The van der Waals surface area contributed by atoms with Gasteiger partial charge in [-0.05, 0) is 38.0 Å². The van der Waals surface area contributed by atoms with Crippen LogP contribution in [0.4, 0.5) is 4.79 Å². The number of halogens is 1. The van der Waals surface area contributed by atoms with E-state index in [4.69, 9.17) is 22.1 Å². The molecule has 0 radical (unpaired) electrons. The predicted octanol–water partition coefficient (Wildman–Crippen LogP) is 2.96. The van der Waals surface area contributed by atoms with Crippen LogP contribution in [0.15, 0.2) is 47.5 Å². The van der Waals surface area contributed by atoms with Crippen molar-refractivity contribution in [3.63, 3.8) is 0 Å². The fraction of sp³-hybridized carbons (Fsp3) is 0.421. The summed E-state index contributed by atoms with van der Waals surface area (Å²) in [6, 6.07) is 7.09. The normalized spacial score (nSPS) is 23.1. The highest BCUT2D eigenvalue weighted by molar-refractivity contribution is 6.31. The SMILES string of the molecule is CC(C)(C)OC(=O)NCc1ccccc1C1(CO)C=C(Cl)C=CC1N. The Morgan fingerprint density at radius 3 is 2.72 bits per heavy atom. The molecule has 0 heterocycles. The Labute approximate surface area is 153 Å². The number of nitrogens with two attached hydrogens (primary N) is 1. The fourth-order valence-corrected chi connectivity index (χ4v) is 3.13. The van der Waals surface area contributed by atoms with Crippen molar-refractivity contribution in [1.29, 1.82) is 0 Å². The molecule has 25 heavy (non-hydrogen) atoms. The molecule has 2 atom stereocenters. The van der Waals surface area contributed by atoms with Gasteiger partial charge in [-0.2, -0.15) is 0 Å². The Hall–Kier alpha value is -1.82. The second-order valence-electron chi connectivity index (χ2n) is 7.13. The molecule has 1 amide bonds. The summed E-state index contributed by atoms with van der Waals surface area (Å²) in [6.07, 6.45) is 4.77. The molecule has 1 aromatic carbocycles. The van der Waals surface area contributed by atoms with Crippen molar-refractivity contribution >= 4 is 17.7 Å². The number of rotatable bonds is 4. The molecule has 6 heteroatoms. The number of allylic oxidation sites excluding steroid dienone is 2. The molecule has 1 aliphatic carbocycles. The van der Waals surface area contributed by atoms with Crippen LogP contribution in [0.25, 0.3) is 0 Å². The molecule has 5 nitrogen and oxygen atoms in total. The van der Waals surface area contributed by atoms with Crippen LogP contribution in [-0.2, 0) is 16.7 Å². The first kappa shape index (κ1) is 19.5. The van der Waals surface area contributed by atoms with Gasteiger partial charge in [-0.1, -0.05) is 48.0 Å². The zero-order valence-electron chi connectivity index (χ0n) is 14.8. The maximum Gasteiger partial charge on any atom is 0.407 e. The Balaban J connectivity index is 2.29. The molecular weight excluding hydrogens is 340 g/mol. The van der Waals surface area contributed by atoms with Crippen molar-refractivity contribution in [2.45, 2.75) is 44.4 Å². The number of aliphatic hydroxyl groups is 1. The summed E-state index contributed by atoms with van der Waals surface area (Å²) in [5, 5.41) is 13.4. The van der Waals surface area contributed by atoms with Crippen molar-refractivity contribution in [2.24, 2.45) is 5.73 Å². The van der Waals surface area contributed by atoms with Gasteiger partial charge in [-0.3, -0.25) is 0 Å². The number of alkyl carbamates (subject to hydrolysis) is 1. The molecular formula is C19H25ClN2O3. The maximum absolute atomic E-state index is 11.9. The third-order valence-corrected chi connectivity index (χ3v) is 4.29. The lowest BCUT2D eigenvalue weighted by Crippen LogP contribution is -2.48. The quantitative estimate of drug-likeness (QED) is 0.766. The van der Waals surface area contributed by atoms with Gasteiger partial charge in [0.15, 0.2) is 0 Å². The van der Waals surface area contributed by atoms with Crippen LogP contribution in [-0.4, -0.2) is 29.4 Å². The molecule has 0 fully saturated rings. The monoisotopic (exact) mass is 364 g/mol. The van der Waals surface area contributed by atoms with Crippen LogP contribution in [0, 0.1) is 0 Å². The van der Waals surface area contributed by atoms with Gasteiger partial charge >= 0.3 is 6.09 Å². The van der Waals surface area contributed by atoms with Crippen molar-refractivity contribution in [3.8, 4) is 0 Å². The minimum Gasteiger partial charge on any atom is -0.444 e. The topological polar surface area (TPSA) is 84.6 Å². The highest BCUT2D eigenvalue weighted by Gasteiger charge is 2.38. The van der Waals surface area contributed by atoms with Gasteiger partial charge in [-0.25, -0.2) is 4.79 Å². The molecule has 1 aromatic rings. The highest BCUT2D eigenvalue weighted by Crippen LogP contribution is 2.36. The molecule has 0 aromatic heterocycles. The van der Waals surface area contributed by atoms with Crippen LogP contribution in [0.1, 0.15) is 31.9 Å². The van der Waals surface area contributed by atoms with E-state index in [-0.39, 0.29) is 13.2 Å². The van der Waals surface area contributed by atoms with Gasteiger partial charge in [0.05, 0.1) is 12.0 Å². The van der Waals surface area contributed by atoms with Crippen LogP contribution in [0.3, 0.4) is 0 Å². The first-order chi connectivity index (χ1) is 11.7. The highest BCUT2D eigenvalue weighted by atomic mass is 35.5. The van der Waals surface area contributed by atoms with E-state index >= 15 is 0 Å². The lowest BCUT2D eigenvalue weighted by atomic mass is 9.71. The second kappa shape index (κ2) is 7.60. The number of ether oxygens (including phenoxy) is 1.